The molecule has 1 aromatic heterocycles. The van der Waals surface area contributed by atoms with E-state index in [1.807, 2.05) is 30.0 Å². The predicted octanol–water partition coefficient (Wildman–Crippen LogP) is 3.23. The highest BCUT2D eigenvalue weighted by Crippen LogP contribution is 2.13. The van der Waals surface area contributed by atoms with Gasteiger partial charge in [0.05, 0.1) is 11.1 Å². The van der Waals surface area contributed by atoms with Crippen molar-refractivity contribution in [3.05, 3.63) is 59.2 Å². The number of aromatic nitrogens is 1. The number of pyridine rings is 1. The first-order valence-corrected chi connectivity index (χ1v) is 10.4. The summed E-state index contributed by atoms with van der Waals surface area (Å²) >= 11 is 5.82. The molecule has 6 nitrogen and oxygen atoms in total. The van der Waals surface area contributed by atoms with Crippen molar-refractivity contribution in [2.75, 3.05) is 31.5 Å². The summed E-state index contributed by atoms with van der Waals surface area (Å²) in [7, 11) is 0. The standard InChI is InChI=1S/C22H27ClN4O2/c1-17(22(29)25-20-11-10-19(23)16-24-20)26-12-14-27(15-13-26)21(28)9-5-8-18-6-3-2-4-7-18/h2-4,6-7,10-11,16-17H,5,8-9,12-15H2,1H3,(H,24,25,29). The molecule has 1 aromatic carbocycles. The Bertz CT molecular complexity index is 805. The van der Waals surface area contributed by atoms with E-state index in [0.717, 1.165) is 12.8 Å². The van der Waals surface area contributed by atoms with Gasteiger partial charge in [0.1, 0.15) is 5.82 Å². The van der Waals surface area contributed by atoms with Gasteiger partial charge in [-0.1, -0.05) is 41.9 Å². The molecule has 1 aliphatic heterocycles. The Kier molecular flexibility index (Phi) is 7.61. The molecular formula is C22H27ClN4O2. The van der Waals surface area contributed by atoms with Gasteiger partial charge in [-0.25, -0.2) is 4.98 Å². The first kappa shape index (κ1) is 21.3. The van der Waals surface area contributed by atoms with Crippen molar-refractivity contribution in [1.29, 1.82) is 0 Å². The smallest absolute Gasteiger partial charge is 0.242 e. The fourth-order valence-electron chi connectivity index (χ4n) is 3.45. The van der Waals surface area contributed by atoms with Crippen molar-refractivity contribution < 1.29 is 9.59 Å². The SMILES string of the molecule is CC(C(=O)Nc1ccc(Cl)cn1)N1CCN(C(=O)CCCc2ccccc2)CC1. The number of rotatable bonds is 7. The summed E-state index contributed by atoms with van der Waals surface area (Å²) in [5.41, 5.74) is 1.26. The molecule has 1 saturated heterocycles. The van der Waals surface area contributed by atoms with Gasteiger partial charge in [-0.2, -0.15) is 0 Å². The van der Waals surface area contributed by atoms with Gasteiger partial charge in [0, 0.05) is 38.8 Å². The van der Waals surface area contributed by atoms with E-state index in [0.29, 0.717) is 43.4 Å². The summed E-state index contributed by atoms with van der Waals surface area (Å²) in [5.74, 6) is 0.573. The van der Waals surface area contributed by atoms with Crippen LogP contribution >= 0.6 is 11.6 Å². The number of hydrogen-bond donors (Lipinski definition) is 1. The van der Waals surface area contributed by atoms with Gasteiger partial charge in [0.2, 0.25) is 11.8 Å². The second kappa shape index (κ2) is 10.4. The van der Waals surface area contributed by atoms with Crippen molar-refractivity contribution in [1.82, 2.24) is 14.8 Å². The summed E-state index contributed by atoms with van der Waals surface area (Å²) < 4.78 is 0. The van der Waals surface area contributed by atoms with Crippen LogP contribution in [0.2, 0.25) is 5.02 Å². The number of anilines is 1. The zero-order valence-corrected chi connectivity index (χ0v) is 17.4. The molecule has 0 spiro atoms. The first-order valence-electron chi connectivity index (χ1n) is 10.0. The van der Waals surface area contributed by atoms with Gasteiger partial charge >= 0.3 is 0 Å². The van der Waals surface area contributed by atoms with Crippen LogP contribution in [-0.2, 0) is 16.0 Å². The Hall–Kier alpha value is -2.44. The molecule has 3 rings (SSSR count). The van der Waals surface area contributed by atoms with Crippen molar-refractivity contribution in [3.63, 3.8) is 0 Å². The Morgan fingerprint density at radius 3 is 2.48 bits per heavy atom. The summed E-state index contributed by atoms with van der Waals surface area (Å²) in [5, 5.41) is 3.34. The van der Waals surface area contributed by atoms with E-state index in [2.05, 4.69) is 27.3 Å². The number of benzene rings is 1. The molecular weight excluding hydrogens is 388 g/mol. The topological polar surface area (TPSA) is 65.5 Å². The second-order valence-corrected chi connectivity index (χ2v) is 7.72. The number of nitrogens with zero attached hydrogens (tertiary/aromatic N) is 3. The molecule has 0 bridgehead atoms. The lowest BCUT2D eigenvalue weighted by molar-refractivity contribution is -0.133. The lowest BCUT2D eigenvalue weighted by Gasteiger charge is -2.37. The minimum absolute atomic E-state index is 0.109. The maximum Gasteiger partial charge on any atom is 0.242 e. The van der Waals surface area contributed by atoms with Crippen LogP contribution in [0.15, 0.2) is 48.7 Å². The lowest BCUT2D eigenvalue weighted by Crippen LogP contribution is -2.54. The summed E-state index contributed by atoms with van der Waals surface area (Å²) in [6.45, 7) is 4.56. The van der Waals surface area contributed by atoms with Gasteiger partial charge in [-0.3, -0.25) is 14.5 Å². The van der Waals surface area contributed by atoms with Gasteiger partial charge in [0.15, 0.2) is 0 Å². The molecule has 0 saturated carbocycles. The fraction of sp³-hybridized carbons (Fsp3) is 0.409. The number of hydrogen-bond acceptors (Lipinski definition) is 4. The summed E-state index contributed by atoms with van der Waals surface area (Å²) in [4.78, 5) is 33.1. The fourth-order valence-corrected chi connectivity index (χ4v) is 3.56. The van der Waals surface area contributed by atoms with Crippen LogP contribution in [0.3, 0.4) is 0 Å². The Morgan fingerprint density at radius 2 is 1.83 bits per heavy atom. The molecule has 2 amide bonds. The molecule has 1 atom stereocenters. The average Bonchev–Trinajstić information content (AvgIpc) is 2.75. The largest absolute Gasteiger partial charge is 0.340 e. The third-order valence-electron chi connectivity index (χ3n) is 5.27. The molecule has 1 aliphatic rings. The number of halogens is 1. The minimum atomic E-state index is -0.289. The molecule has 2 heterocycles. The highest BCUT2D eigenvalue weighted by molar-refractivity contribution is 6.30. The number of nitrogens with one attached hydrogen (secondary N) is 1. The molecule has 0 radical (unpaired) electrons. The zero-order valence-electron chi connectivity index (χ0n) is 16.7. The maximum absolute atomic E-state index is 12.5. The zero-order chi connectivity index (χ0) is 20.6. The third-order valence-corrected chi connectivity index (χ3v) is 5.50. The number of amides is 2. The van der Waals surface area contributed by atoms with E-state index in [9.17, 15) is 9.59 Å². The van der Waals surface area contributed by atoms with Crippen molar-refractivity contribution in [3.8, 4) is 0 Å². The summed E-state index contributed by atoms with van der Waals surface area (Å²) in [6.07, 6.45) is 3.84. The molecule has 154 valence electrons. The van der Waals surface area contributed by atoms with Crippen LogP contribution in [0.5, 0.6) is 0 Å². The lowest BCUT2D eigenvalue weighted by atomic mass is 10.1. The van der Waals surface area contributed by atoms with Crippen LogP contribution in [0.25, 0.3) is 0 Å². The van der Waals surface area contributed by atoms with Crippen molar-refractivity contribution in [2.24, 2.45) is 0 Å². The third kappa shape index (κ3) is 6.27. The van der Waals surface area contributed by atoms with E-state index < -0.39 is 0 Å². The Morgan fingerprint density at radius 1 is 1.10 bits per heavy atom. The average molecular weight is 415 g/mol. The molecule has 1 unspecified atom stereocenters. The van der Waals surface area contributed by atoms with E-state index >= 15 is 0 Å². The Labute approximate surface area is 176 Å². The van der Waals surface area contributed by atoms with Gasteiger partial charge < -0.3 is 10.2 Å². The number of aryl methyl sites for hydroxylation is 1. The van der Waals surface area contributed by atoms with Crippen molar-refractivity contribution in [2.45, 2.75) is 32.2 Å². The molecule has 1 N–H and O–H groups in total. The van der Waals surface area contributed by atoms with Crippen LogP contribution in [0.4, 0.5) is 5.82 Å². The quantitative estimate of drug-likeness (QED) is 0.755. The first-order chi connectivity index (χ1) is 14.0. The molecule has 7 heteroatoms. The molecule has 0 aliphatic carbocycles. The maximum atomic E-state index is 12.5. The molecule has 1 fully saturated rings. The van der Waals surface area contributed by atoms with Crippen molar-refractivity contribution >= 4 is 29.2 Å². The van der Waals surface area contributed by atoms with Gasteiger partial charge in [0.25, 0.3) is 0 Å². The van der Waals surface area contributed by atoms with Crippen LogP contribution in [0.1, 0.15) is 25.3 Å². The molecule has 2 aromatic rings. The predicted molar refractivity (Wildman–Crippen MR) is 115 cm³/mol. The van der Waals surface area contributed by atoms with E-state index in [1.54, 1.807) is 12.1 Å². The van der Waals surface area contributed by atoms with Gasteiger partial charge in [-0.15, -0.1) is 0 Å². The highest BCUT2D eigenvalue weighted by Gasteiger charge is 2.27. The summed E-state index contributed by atoms with van der Waals surface area (Å²) in [6, 6.07) is 13.3. The van der Waals surface area contributed by atoms with Gasteiger partial charge in [-0.05, 0) is 37.5 Å². The van der Waals surface area contributed by atoms with E-state index in [1.165, 1.54) is 11.8 Å². The van der Waals surface area contributed by atoms with E-state index in [4.69, 9.17) is 11.6 Å². The van der Waals surface area contributed by atoms with Crippen LogP contribution in [-0.4, -0.2) is 58.8 Å². The van der Waals surface area contributed by atoms with Crippen LogP contribution < -0.4 is 5.32 Å². The van der Waals surface area contributed by atoms with Crippen LogP contribution in [0, 0.1) is 0 Å². The Balaban J connectivity index is 1.40. The number of carbonyl (C=O) groups is 2. The second-order valence-electron chi connectivity index (χ2n) is 7.28. The van der Waals surface area contributed by atoms with E-state index in [-0.39, 0.29) is 17.9 Å². The number of carbonyl (C=O) groups excluding carboxylic acids is 2. The monoisotopic (exact) mass is 414 g/mol. The number of piperazine rings is 1. The minimum Gasteiger partial charge on any atom is -0.340 e. The highest BCUT2D eigenvalue weighted by atomic mass is 35.5. The normalized spacial score (nSPS) is 15.7. The molecule has 29 heavy (non-hydrogen) atoms.